The van der Waals surface area contributed by atoms with Crippen LogP contribution in [-0.2, 0) is 11.2 Å². The van der Waals surface area contributed by atoms with Crippen LogP contribution >= 0.6 is 0 Å². The number of benzene rings is 1. The van der Waals surface area contributed by atoms with Crippen molar-refractivity contribution in [2.75, 3.05) is 26.3 Å². The summed E-state index contributed by atoms with van der Waals surface area (Å²) in [6.07, 6.45) is 0.391. The lowest BCUT2D eigenvalue weighted by atomic mass is 9.98. The Morgan fingerprint density at radius 2 is 1.95 bits per heavy atom. The first-order chi connectivity index (χ1) is 10.2. The Hall–Kier alpha value is -2.22. The summed E-state index contributed by atoms with van der Waals surface area (Å²) in [7, 11) is 0. The van der Waals surface area contributed by atoms with Gasteiger partial charge in [-0.25, -0.2) is 0 Å². The van der Waals surface area contributed by atoms with Crippen LogP contribution in [0.25, 0.3) is 0 Å². The number of nitrogens with zero attached hydrogens (tertiary/aromatic N) is 2. The lowest BCUT2D eigenvalue weighted by Gasteiger charge is -2.22. The maximum absolute atomic E-state index is 12.3. The molecule has 0 N–H and O–H groups in total. The van der Waals surface area contributed by atoms with Gasteiger partial charge in [-0.1, -0.05) is 6.07 Å². The van der Waals surface area contributed by atoms with Crippen molar-refractivity contribution >= 4 is 5.91 Å². The molecule has 5 nitrogen and oxygen atoms in total. The Morgan fingerprint density at radius 3 is 2.57 bits per heavy atom. The summed E-state index contributed by atoms with van der Waals surface area (Å²) in [6.45, 7) is 6.15. The zero-order chi connectivity index (χ0) is 15.2. The Labute approximate surface area is 125 Å². The SMILES string of the molecule is CCN(CC)C(=O)C(C#N)Cc1ccc2c(c1)OCCO2. The normalized spacial score (nSPS) is 14.1. The number of nitriles is 1. The molecular weight excluding hydrogens is 268 g/mol. The average Bonchev–Trinajstić information content (AvgIpc) is 2.53. The third-order valence-corrected chi connectivity index (χ3v) is 3.58. The van der Waals surface area contributed by atoms with Crippen molar-refractivity contribution in [1.29, 1.82) is 5.26 Å². The van der Waals surface area contributed by atoms with Gasteiger partial charge in [-0.15, -0.1) is 0 Å². The van der Waals surface area contributed by atoms with Crippen LogP contribution in [0.5, 0.6) is 11.5 Å². The summed E-state index contributed by atoms with van der Waals surface area (Å²) in [5.74, 6) is 0.629. The minimum atomic E-state index is -0.660. The van der Waals surface area contributed by atoms with E-state index in [0.29, 0.717) is 44.2 Å². The molecule has 1 amide bonds. The van der Waals surface area contributed by atoms with E-state index in [-0.39, 0.29) is 5.91 Å². The van der Waals surface area contributed by atoms with E-state index in [1.807, 2.05) is 32.0 Å². The molecule has 1 aliphatic heterocycles. The smallest absolute Gasteiger partial charge is 0.240 e. The lowest BCUT2D eigenvalue weighted by molar-refractivity contribution is -0.133. The van der Waals surface area contributed by atoms with Crippen molar-refractivity contribution in [2.45, 2.75) is 20.3 Å². The van der Waals surface area contributed by atoms with Crippen LogP contribution in [-0.4, -0.2) is 37.1 Å². The number of hydrogen-bond donors (Lipinski definition) is 0. The number of carbonyl (C=O) groups excluding carboxylic acids is 1. The van der Waals surface area contributed by atoms with Crippen LogP contribution in [0.15, 0.2) is 18.2 Å². The summed E-state index contributed by atoms with van der Waals surface area (Å²) >= 11 is 0. The molecule has 0 fully saturated rings. The first-order valence-electron chi connectivity index (χ1n) is 7.26. The number of amides is 1. The van der Waals surface area contributed by atoms with Crippen molar-refractivity contribution in [3.63, 3.8) is 0 Å². The first-order valence-corrected chi connectivity index (χ1v) is 7.26. The average molecular weight is 288 g/mol. The topological polar surface area (TPSA) is 62.6 Å². The zero-order valence-electron chi connectivity index (χ0n) is 12.5. The van der Waals surface area contributed by atoms with Gasteiger partial charge < -0.3 is 14.4 Å². The third kappa shape index (κ3) is 3.46. The van der Waals surface area contributed by atoms with E-state index in [2.05, 4.69) is 6.07 Å². The fourth-order valence-electron chi connectivity index (χ4n) is 2.39. The molecule has 1 heterocycles. The Bertz CT molecular complexity index is 547. The van der Waals surface area contributed by atoms with Crippen molar-refractivity contribution in [1.82, 2.24) is 4.90 Å². The van der Waals surface area contributed by atoms with E-state index in [0.717, 1.165) is 5.56 Å². The maximum atomic E-state index is 12.3. The molecule has 0 saturated heterocycles. The third-order valence-electron chi connectivity index (χ3n) is 3.58. The van der Waals surface area contributed by atoms with Gasteiger partial charge in [0.25, 0.3) is 0 Å². The molecule has 0 aliphatic carbocycles. The second-order valence-electron chi connectivity index (χ2n) is 4.87. The number of fused-ring (bicyclic) bond motifs is 1. The standard InChI is InChI=1S/C16H20N2O3/c1-3-18(4-2)16(19)13(11-17)9-12-5-6-14-15(10-12)21-8-7-20-14/h5-6,10,13H,3-4,7-9H2,1-2H3. The highest BCUT2D eigenvalue weighted by atomic mass is 16.6. The van der Waals surface area contributed by atoms with Gasteiger partial charge in [0.05, 0.1) is 6.07 Å². The van der Waals surface area contributed by atoms with Gasteiger partial charge >= 0.3 is 0 Å². The van der Waals surface area contributed by atoms with Crippen molar-refractivity contribution < 1.29 is 14.3 Å². The maximum Gasteiger partial charge on any atom is 0.240 e. The van der Waals surface area contributed by atoms with Crippen molar-refractivity contribution in [3.05, 3.63) is 23.8 Å². The summed E-state index contributed by atoms with van der Waals surface area (Å²) in [5, 5.41) is 9.28. The molecule has 1 aromatic rings. The van der Waals surface area contributed by atoms with Gasteiger partial charge in [0, 0.05) is 13.1 Å². The molecule has 0 aromatic heterocycles. The van der Waals surface area contributed by atoms with Gasteiger partial charge in [0.15, 0.2) is 11.5 Å². The van der Waals surface area contributed by atoms with E-state index in [1.165, 1.54) is 0 Å². The van der Waals surface area contributed by atoms with Crippen LogP contribution in [0.2, 0.25) is 0 Å². The van der Waals surface area contributed by atoms with E-state index in [9.17, 15) is 10.1 Å². The quantitative estimate of drug-likeness (QED) is 0.831. The fraction of sp³-hybridized carbons (Fsp3) is 0.500. The molecule has 1 aromatic carbocycles. The van der Waals surface area contributed by atoms with Gasteiger partial charge in [-0.2, -0.15) is 5.26 Å². The molecule has 0 bridgehead atoms. The Kier molecular flexibility index (Phi) is 5.04. The zero-order valence-corrected chi connectivity index (χ0v) is 12.5. The number of hydrogen-bond acceptors (Lipinski definition) is 4. The number of ether oxygens (including phenoxy) is 2. The summed E-state index contributed by atoms with van der Waals surface area (Å²) in [6, 6.07) is 7.69. The van der Waals surface area contributed by atoms with Crippen LogP contribution in [0.4, 0.5) is 0 Å². The lowest BCUT2D eigenvalue weighted by Crippen LogP contribution is -2.36. The molecule has 21 heavy (non-hydrogen) atoms. The minimum absolute atomic E-state index is 0.114. The van der Waals surface area contributed by atoms with E-state index < -0.39 is 5.92 Å². The van der Waals surface area contributed by atoms with Gasteiger partial charge in [0.1, 0.15) is 19.1 Å². The van der Waals surface area contributed by atoms with Crippen LogP contribution < -0.4 is 9.47 Å². The molecule has 2 rings (SSSR count). The highest BCUT2D eigenvalue weighted by Crippen LogP contribution is 2.31. The second kappa shape index (κ2) is 6.98. The van der Waals surface area contributed by atoms with E-state index in [1.54, 1.807) is 4.90 Å². The number of carbonyl (C=O) groups is 1. The molecule has 1 unspecified atom stereocenters. The monoisotopic (exact) mass is 288 g/mol. The van der Waals surface area contributed by atoms with Gasteiger partial charge in [-0.05, 0) is 38.0 Å². The Morgan fingerprint density at radius 1 is 1.29 bits per heavy atom. The molecule has 0 spiro atoms. The van der Waals surface area contributed by atoms with Gasteiger partial charge in [-0.3, -0.25) is 4.79 Å². The van der Waals surface area contributed by atoms with Crippen molar-refractivity contribution in [3.8, 4) is 17.6 Å². The summed E-state index contributed by atoms with van der Waals surface area (Å²) < 4.78 is 11.0. The summed E-state index contributed by atoms with van der Waals surface area (Å²) in [5.41, 5.74) is 0.909. The van der Waals surface area contributed by atoms with E-state index >= 15 is 0 Å². The Balaban J connectivity index is 2.12. The molecule has 0 saturated carbocycles. The molecule has 0 radical (unpaired) electrons. The van der Waals surface area contributed by atoms with Gasteiger partial charge in [0.2, 0.25) is 5.91 Å². The summed E-state index contributed by atoms with van der Waals surface area (Å²) in [4.78, 5) is 14.0. The molecule has 1 atom stereocenters. The molecule has 5 heteroatoms. The van der Waals surface area contributed by atoms with Crippen LogP contribution in [0.1, 0.15) is 19.4 Å². The predicted molar refractivity (Wildman–Crippen MR) is 78.2 cm³/mol. The number of rotatable bonds is 5. The molecule has 112 valence electrons. The van der Waals surface area contributed by atoms with Crippen LogP contribution in [0, 0.1) is 17.2 Å². The minimum Gasteiger partial charge on any atom is -0.486 e. The second-order valence-corrected chi connectivity index (χ2v) is 4.87. The van der Waals surface area contributed by atoms with E-state index in [4.69, 9.17) is 9.47 Å². The highest BCUT2D eigenvalue weighted by Gasteiger charge is 2.23. The largest absolute Gasteiger partial charge is 0.486 e. The first kappa shape index (κ1) is 15.2. The van der Waals surface area contributed by atoms with Crippen LogP contribution in [0.3, 0.4) is 0 Å². The fourth-order valence-corrected chi connectivity index (χ4v) is 2.39. The molecule has 1 aliphatic rings. The highest BCUT2D eigenvalue weighted by molar-refractivity contribution is 5.81. The van der Waals surface area contributed by atoms with Crippen molar-refractivity contribution in [2.24, 2.45) is 5.92 Å². The predicted octanol–water partition coefficient (Wildman–Crippen LogP) is 2.01. The molecular formula is C16H20N2O3.